The van der Waals surface area contributed by atoms with Gasteiger partial charge in [0.25, 0.3) is 0 Å². The van der Waals surface area contributed by atoms with Gasteiger partial charge in [0, 0.05) is 30.1 Å². The fraction of sp³-hybridized carbons (Fsp3) is 0.538. The van der Waals surface area contributed by atoms with E-state index in [2.05, 4.69) is 39.8 Å². The second kappa shape index (κ2) is 5.38. The molecule has 1 aromatic rings. The van der Waals surface area contributed by atoms with Crippen molar-refractivity contribution >= 4 is 15.9 Å². The average Bonchev–Trinajstić information content (AvgIpc) is 2.72. The average molecular weight is 299 g/mol. The third-order valence-corrected chi connectivity index (χ3v) is 4.17. The van der Waals surface area contributed by atoms with Crippen LogP contribution in [0.1, 0.15) is 12.0 Å². The number of nitrogens with zero attached hydrogens (tertiary/aromatic N) is 2. The van der Waals surface area contributed by atoms with Gasteiger partial charge in [0.1, 0.15) is 5.75 Å². The van der Waals surface area contributed by atoms with E-state index in [0.29, 0.717) is 11.8 Å². The second-order valence-electron chi connectivity index (χ2n) is 4.92. The van der Waals surface area contributed by atoms with E-state index < -0.39 is 0 Å². The van der Waals surface area contributed by atoms with Crippen LogP contribution in [0, 0.1) is 0 Å². The molecule has 17 heavy (non-hydrogen) atoms. The lowest BCUT2D eigenvalue weighted by Gasteiger charge is -2.20. The molecule has 1 heterocycles. The molecule has 1 N–H and O–H groups in total. The number of benzene rings is 1. The van der Waals surface area contributed by atoms with Crippen LogP contribution in [0.15, 0.2) is 22.7 Å². The molecule has 1 atom stereocenters. The van der Waals surface area contributed by atoms with Crippen molar-refractivity contribution in [2.24, 2.45) is 0 Å². The van der Waals surface area contributed by atoms with Crippen LogP contribution >= 0.6 is 15.9 Å². The molecule has 1 saturated heterocycles. The van der Waals surface area contributed by atoms with Gasteiger partial charge in [-0.05, 0) is 44.3 Å². The van der Waals surface area contributed by atoms with Gasteiger partial charge in [0.05, 0.1) is 0 Å². The zero-order valence-corrected chi connectivity index (χ0v) is 11.9. The highest BCUT2D eigenvalue weighted by Crippen LogP contribution is 2.25. The van der Waals surface area contributed by atoms with Crippen molar-refractivity contribution in [3.63, 3.8) is 0 Å². The van der Waals surface area contributed by atoms with E-state index in [0.717, 1.165) is 29.7 Å². The summed E-state index contributed by atoms with van der Waals surface area (Å²) in [6.07, 6.45) is 1.23. The van der Waals surface area contributed by atoms with Crippen LogP contribution in [0.25, 0.3) is 0 Å². The van der Waals surface area contributed by atoms with Crippen LogP contribution in [-0.4, -0.2) is 48.1 Å². The Morgan fingerprint density at radius 1 is 1.47 bits per heavy atom. The highest BCUT2D eigenvalue weighted by Gasteiger charge is 2.24. The zero-order valence-electron chi connectivity index (χ0n) is 10.4. The lowest BCUT2D eigenvalue weighted by molar-refractivity contribution is 0.264. The third-order valence-electron chi connectivity index (χ3n) is 3.40. The molecule has 0 amide bonds. The Kier molecular flexibility index (Phi) is 4.07. The van der Waals surface area contributed by atoms with Gasteiger partial charge in [-0.1, -0.05) is 15.9 Å². The van der Waals surface area contributed by atoms with E-state index in [1.165, 1.54) is 6.42 Å². The number of aromatic hydroxyl groups is 1. The number of phenolic OH excluding ortho intramolecular Hbond substituents is 1. The number of hydrogen-bond acceptors (Lipinski definition) is 3. The molecule has 4 heteroatoms. The predicted octanol–water partition coefficient (Wildman–Crippen LogP) is 2.29. The molecule has 1 aliphatic rings. The molecular formula is C13H19BrN2O. The molecule has 1 aromatic carbocycles. The summed E-state index contributed by atoms with van der Waals surface area (Å²) in [5, 5.41) is 9.50. The Balaban J connectivity index is 2.00. The molecule has 1 fully saturated rings. The monoisotopic (exact) mass is 298 g/mol. The van der Waals surface area contributed by atoms with Crippen molar-refractivity contribution in [1.29, 1.82) is 0 Å². The van der Waals surface area contributed by atoms with E-state index in [9.17, 15) is 5.11 Å². The first kappa shape index (κ1) is 12.9. The minimum Gasteiger partial charge on any atom is -0.508 e. The Labute approximate surface area is 111 Å². The number of halogens is 1. The molecule has 0 spiro atoms. The number of likely N-dealkylation sites (tertiary alicyclic amines) is 1. The lowest BCUT2D eigenvalue weighted by Crippen LogP contribution is -2.31. The molecule has 0 aliphatic carbocycles. The van der Waals surface area contributed by atoms with E-state index in [1.807, 2.05) is 12.1 Å². The van der Waals surface area contributed by atoms with Gasteiger partial charge in [-0.15, -0.1) is 0 Å². The highest BCUT2D eigenvalue weighted by molar-refractivity contribution is 9.10. The first-order valence-electron chi connectivity index (χ1n) is 5.92. The normalized spacial score (nSPS) is 21.3. The summed E-state index contributed by atoms with van der Waals surface area (Å²) < 4.78 is 1.07. The molecule has 0 radical (unpaired) electrons. The van der Waals surface area contributed by atoms with Gasteiger partial charge in [-0.2, -0.15) is 0 Å². The van der Waals surface area contributed by atoms with Gasteiger partial charge in [-0.25, -0.2) is 0 Å². The van der Waals surface area contributed by atoms with Gasteiger partial charge in [-0.3, -0.25) is 4.90 Å². The summed E-state index contributed by atoms with van der Waals surface area (Å²) in [5.41, 5.74) is 1.16. The van der Waals surface area contributed by atoms with Crippen molar-refractivity contribution in [3.8, 4) is 5.75 Å². The summed E-state index contributed by atoms with van der Waals surface area (Å²) in [7, 11) is 4.27. The van der Waals surface area contributed by atoms with Crippen LogP contribution in [0.2, 0.25) is 0 Å². The first-order valence-corrected chi connectivity index (χ1v) is 6.71. The van der Waals surface area contributed by atoms with Gasteiger partial charge < -0.3 is 10.0 Å². The second-order valence-corrected chi connectivity index (χ2v) is 5.77. The molecule has 1 unspecified atom stereocenters. The Morgan fingerprint density at radius 2 is 2.24 bits per heavy atom. The van der Waals surface area contributed by atoms with Crippen molar-refractivity contribution in [2.75, 3.05) is 27.2 Å². The van der Waals surface area contributed by atoms with Crippen molar-refractivity contribution in [3.05, 3.63) is 28.2 Å². The topological polar surface area (TPSA) is 26.7 Å². The molecule has 0 bridgehead atoms. The van der Waals surface area contributed by atoms with Crippen LogP contribution in [-0.2, 0) is 6.54 Å². The van der Waals surface area contributed by atoms with Crippen molar-refractivity contribution in [2.45, 2.75) is 19.0 Å². The molecule has 2 rings (SSSR count). The van der Waals surface area contributed by atoms with Crippen LogP contribution in [0.3, 0.4) is 0 Å². The summed E-state index contributed by atoms with van der Waals surface area (Å²) in [6.45, 7) is 3.14. The molecule has 94 valence electrons. The minimum absolute atomic E-state index is 0.339. The number of rotatable bonds is 3. The van der Waals surface area contributed by atoms with Gasteiger partial charge >= 0.3 is 0 Å². The molecule has 0 aromatic heterocycles. The SMILES string of the molecule is CN(C)C1CCN(Cc2cc(O)ccc2Br)C1. The van der Waals surface area contributed by atoms with Gasteiger partial charge in [0.15, 0.2) is 0 Å². The largest absolute Gasteiger partial charge is 0.508 e. The zero-order chi connectivity index (χ0) is 12.4. The van der Waals surface area contributed by atoms with Gasteiger partial charge in [0.2, 0.25) is 0 Å². The molecular weight excluding hydrogens is 280 g/mol. The summed E-state index contributed by atoms with van der Waals surface area (Å²) >= 11 is 3.53. The molecule has 1 aliphatic heterocycles. The maximum atomic E-state index is 9.50. The Morgan fingerprint density at radius 3 is 2.88 bits per heavy atom. The molecule has 0 saturated carbocycles. The van der Waals surface area contributed by atoms with Crippen LogP contribution in [0.5, 0.6) is 5.75 Å². The standard InChI is InChI=1S/C13H19BrN2O/c1-15(2)11-5-6-16(9-11)8-10-7-12(17)3-4-13(10)14/h3-4,7,11,17H,5-6,8-9H2,1-2H3. The Bertz CT molecular complexity index is 395. The maximum Gasteiger partial charge on any atom is 0.115 e. The van der Waals surface area contributed by atoms with Crippen LogP contribution in [0.4, 0.5) is 0 Å². The summed E-state index contributed by atoms with van der Waals surface area (Å²) in [4.78, 5) is 4.72. The smallest absolute Gasteiger partial charge is 0.115 e. The van der Waals surface area contributed by atoms with E-state index in [1.54, 1.807) is 6.07 Å². The fourth-order valence-corrected chi connectivity index (χ4v) is 2.67. The molecule has 3 nitrogen and oxygen atoms in total. The first-order chi connectivity index (χ1) is 8.06. The lowest BCUT2D eigenvalue weighted by atomic mass is 10.2. The van der Waals surface area contributed by atoms with E-state index in [-0.39, 0.29) is 0 Å². The summed E-state index contributed by atoms with van der Waals surface area (Å²) in [6, 6.07) is 6.11. The third kappa shape index (κ3) is 3.21. The number of hydrogen-bond donors (Lipinski definition) is 1. The van der Waals surface area contributed by atoms with Crippen molar-refractivity contribution in [1.82, 2.24) is 9.80 Å². The fourth-order valence-electron chi connectivity index (χ4n) is 2.30. The minimum atomic E-state index is 0.339. The van der Waals surface area contributed by atoms with Crippen LogP contribution < -0.4 is 0 Å². The maximum absolute atomic E-state index is 9.50. The van der Waals surface area contributed by atoms with E-state index in [4.69, 9.17) is 0 Å². The highest BCUT2D eigenvalue weighted by atomic mass is 79.9. The van der Waals surface area contributed by atoms with E-state index >= 15 is 0 Å². The predicted molar refractivity (Wildman–Crippen MR) is 73.2 cm³/mol. The Hall–Kier alpha value is -0.580. The number of phenols is 1. The quantitative estimate of drug-likeness (QED) is 0.927. The summed E-state index contributed by atoms with van der Waals surface area (Å²) in [5.74, 6) is 0.339. The van der Waals surface area contributed by atoms with Crippen molar-refractivity contribution < 1.29 is 5.11 Å². The number of likely N-dealkylation sites (N-methyl/N-ethyl adjacent to an activating group) is 1.